The Bertz CT molecular complexity index is 920. The number of carbonyl (C=O) groups excluding carboxylic acids is 1. The second-order valence-corrected chi connectivity index (χ2v) is 7.78. The van der Waals surface area contributed by atoms with Crippen LogP contribution in [0.25, 0.3) is 0 Å². The Morgan fingerprint density at radius 3 is 2.85 bits per heavy atom. The topological polar surface area (TPSA) is 66.0 Å². The van der Waals surface area contributed by atoms with Crippen LogP contribution < -0.4 is 15.4 Å². The number of hydrazone groups is 1. The summed E-state index contributed by atoms with van der Waals surface area (Å²) in [7, 11) is 0. The number of thioether (sulfide) groups is 1. The summed E-state index contributed by atoms with van der Waals surface area (Å²) in [6, 6.07) is 13.2. The number of nitrogens with zero attached hydrogens (tertiary/aromatic N) is 2. The van der Waals surface area contributed by atoms with Gasteiger partial charge in [0, 0.05) is 21.3 Å². The number of fused-ring (bicyclic) bond motifs is 3. The molecule has 1 amide bonds. The van der Waals surface area contributed by atoms with Crippen molar-refractivity contribution in [3.63, 3.8) is 0 Å². The molecule has 6 nitrogen and oxygen atoms in total. The fourth-order valence-corrected chi connectivity index (χ4v) is 4.19. The molecule has 0 saturated carbocycles. The van der Waals surface area contributed by atoms with E-state index in [2.05, 4.69) is 26.6 Å². The monoisotopic (exact) mass is 446 g/mol. The average molecular weight is 447 g/mol. The Balaban J connectivity index is 1.85. The molecule has 0 unspecified atom stereocenters. The number of halogens is 1. The number of nitrogens with one attached hydrogen (secondary N) is 2. The highest BCUT2D eigenvalue weighted by Gasteiger charge is 2.42. The van der Waals surface area contributed by atoms with E-state index in [1.807, 2.05) is 60.7 Å². The summed E-state index contributed by atoms with van der Waals surface area (Å²) in [5, 5.41) is 13.5. The van der Waals surface area contributed by atoms with Gasteiger partial charge in [0.15, 0.2) is 11.2 Å². The summed E-state index contributed by atoms with van der Waals surface area (Å²) in [5.74, 6) is 0.703. The molecular weight excluding hydrogens is 428 g/mol. The number of anilines is 1. The first kappa shape index (κ1) is 18.2. The summed E-state index contributed by atoms with van der Waals surface area (Å²) in [6.07, 6.45) is 1.58. The third-order valence-electron chi connectivity index (χ3n) is 4.53. The molecule has 2 aromatic carbocycles. The lowest BCUT2D eigenvalue weighted by atomic mass is 9.97. The first-order valence-corrected chi connectivity index (χ1v) is 10.6. The van der Waals surface area contributed by atoms with Crippen molar-refractivity contribution in [1.82, 2.24) is 10.3 Å². The van der Waals surface area contributed by atoms with E-state index < -0.39 is 6.04 Å². The van der Waals surface area contributed by atoms with Gasteiger partial charge in [0.1, 0.15) is 11.9 Å². The number of amidine groups is 1. The molecule has 2 aliphatic heterocycles. The summed E-state index contributed by atoms with van der Waals surface area (Å²) in [4.78, 5) is 12.9. The molecule has 2 atom stereocenters. The van der Waals surface area contributed by atoms with E-state index in [0.29, 0.717) is 11.8 Å². The number of benzene rings is 2. The van der Waals surface area contributed by atoms with Crippen molar-refractivity contribution < 1.29 is 9.53 Å². The molecule has 0 spiro atoms. The predicted octanol–water partition coefficient (Wildman–Crippen LogP) is 4.08. The van der Waals surface area contributed by atoms with E-state index in [-0.39, 0.29) is 12.1 Å². The number of hydrogen-bond donors (Lipinski definition) is 2. The average Bonchev–Trinajstić information content (AvgIpc) is 2.68. The maximum Gasteiger partial charge on any atom is 0.255 e. The van der Waals surface area contributed by atoms with Crippen LogP contribution in [0.5, 0.6) is 5.75 Å². The van der Waals surface area contributed by atoms with E-state index >= 15 is 0 Å². The number of hydrogen-bond acceptors (Lipinski definition) is 6. The molecule has 0 radical (unpaired) electrons. The predicted molar refractivity (Wildman–Crippen MR) is 112 cm³/mol. The van der Waals surface area contributed by atoms with Gasteiger partial charge < -0.3 is 15.4 Å². The van der Waals surface area contributed by atoms with Crippen LogP contribution >= 0.6 is 27.7 Å². The first-order chi connectivity index (χ1) is 13.1. The SMILES string of the molecule is CCOc1ccc(Br)c([C@@H]2Nc3ccccc3[C@H]3C(=O)NC(SC)=NN32)c1. The highest BCUT2D eigenvalue weighted by molar-refractivity contribution is 9.10. The largest absolute Gasteiger partial charge is 0.494 e. The Morgan fingerprint density at radius 2 is 2.07 bits per heavy atom. The molecular formula is C19H19BrN4O2S. The molecule has 8 heteroatoms. The van der Waals surface area contributed by atoms with Crippen LogP contribution in [0.4, 0.5) is 5.69 Å². The summed E-state index contributed by atoms with van der Waals surface area (Å²) < 4.78 is 6.60. The Kier molecular flexibility index (Phi) is 5.01. The Labute approximate surface area is 170 Å². The van der Waals surface area contributed by atoms with Crippen LogP contribution in [0.1, 0.15) is 30.3 Å². The Morgan fingerprint density at radius 1 is 1.26 bits per heavy atom. The number of carbonyl (C=O) groups is 1. The van der Waals surface area contributed by atoms with Gasteiger partial charge >= 0.3 is 0 Å². The summed E-state index contributed by atoms with van der Waals surface area (Å²) in [5.41, 5.74) is 2.79. The minimum atomic E-state index is -0.494. The van der Waals surface area contributed by atoms with Crippen LogP contribution in [0.3, 0.4) is 0 Å². The van der Waals surface area contributed by atoms with Crippen LogP contribution in [0.15, 0.2) is 52.0 Å². The third-order valence-corrected chi connectivity index (χ3v) is 5.82. The van der Waals surface area contributed by atoms with Crippen LogP contribution in [0.2, 0.25) is 0 Å². The minimum Gasteiger partial charge on any atom is -0.494 e. The van der Waals surface area contributed by atoms with Crippen molar-refractivity contribution >= 4 is 44.5 Å². The molecule has 2 heterocycles. The van der Waals surface area contributed by atoms with Crippen molar-refractivity contribution in [2.75, 3.05) is 18.2 Å². The van der Waals surface area contributed by atoms with Gasteiger partial charge in [-0.15, -0.1) is 5.10 Å². The van der Waals surface area contributed by atoms with Crippen LogP contribution in [-0.4, -0.2) is 28.9 Å². The van der Waals surface area contributed by atoms with Crippen molar-refractivity contribution in [2.45, 2.75) is 19.1 Å². The number of amides is 1. The third kappa shape index (κ3) is 3.27. The lowest BCUT2D eigenvalue weighted by Gasteiger charge is -2.43. The molecule has 2 N–H and O–H groups in total. The maximum atomic E-state index is 12.9. The molecule has 4 rings (SSSR count). The molecule has 2 aromatic rings. The molecule has 0 saturated heterocycles. The number of para-hydroxylation sites is 1. The fourth-order valence-electron chi connectivity index (χ4n) is 3.35. The van der Waals surface area contributed by atoms with Gasteiger partial charge in [-0.05, 0) is 37.4 Å². The lowest BCUT2D eigenvalue weighted by molar-refractivity contribution is -0.127. The van der Waals surface area contributed by atoms with Crippen LogP contribution in [0, 0.1) is 0 Å². The quantitative estimate of drug-likeness (QED) is 0.743. The second kappa shape index (κ2) is 7.44. The smallest absolute Gasteiger partial charge is 0.255 e. The zero-order valence-corrected chi connectivity index (χ0v) is 17.3. The van der Waals surface area contributed by atoms with Crippen LogP contribution in [-0.2, 0) is 4.79 Å². The molecule has 0 fully saturated rings. The normalized spacial score (nSPS) is 20.8. The molecule has 0 aromatic heterocycles. The molecule has 0 bridgehead atoms. The molecule has 0 aliphatic carbocycles. The highest BCUT2D eigenvalue weighted by Crippen LogP contribution is 2.44. The zero-order valence-electron chi connectivity index (χ0n) is 14.9. The van der Waals surface area contributed by atoms with Gasteiger partial charge in [-0.1, -0.05) is 45.9 Å². The fraction of sp³-hybridized carbons (Fsp3) is 0.263. The van der Waals surface area contributed by atoms with E-state index in [0.717, 1.165) is 27.0 Å². The molecule has 2 aliphatic rings. The van der Waals surface area contributed by atoms with Gasteiger partial charge in [0.2, 0.25) is 0 Å². The molecule has 140 valence electrons. The van der Waals surface area contributed by atoms with E-state index in [4.69, 9.17) is 9.84 Å². The van der Waals surface area contributed by atoms with Gasteiger partial charge in [-0.2, -0.15) is 0 Å². The number of ether oxygens (including phenoxy) is 1. The lowest BCUT2D eigenvalue weighted by Crippen LogP contribution is -2.50. The molecule has 27 heavy (non-hydrogen) atoms. The first-order valence-electron chi connectivity index (χ1n) is 8.62. The van der Waals surface area contributed by atoms with Crippen molar-refractivity contribution in [2.24, 2.45) is 5.10 Å². The van der Waals surface area contributed by atoms with Gasteiger partial charge in [0.05, 0.1) is 6.61 Å². The highest BCUT2D eigenvalue weighted by atomic mass is 79.9. The van der Waals surface area contributed by atoms with Crippen molar-refractivity contribution in [3.05, 3.63) is 58.1 Å². The van der Waals surface area contributed by atoms with E-state index in [9.17, 15) is 4.79 Å². The van der Waals surface area contributed by atoms with Crippen molar-refractivity contribution in [3.8, 4) is 5.75 Å². The Hall–Kier alpha value is -2.19. The number of rotatable bonds is 3. The zero-order chi connectivity index (χ0) is 19.0. The van der Waals surface area contributed by atoms with E-state index in [1.165, 1.54) is 11.8 Å². The summed E-state index contributed by atoms with van der Waals surface area (Å²) in [6.45, 7) is 2.54. The van der Waals surface area contributed by atoms with Gasteiger partial charge in [0.25, 0.3) is 5.91 Å². The van der Waals surface area contributed by atoms with E-state index in [1.54, 1.807) is 0 Å². The summed E-state index contributed by atoms with van der Waals surface area (Å²) >= 11 is 5.06. The van der Waals surface area contributed by atoms with Gasteiger partial charge in [-0.25, -0.2) is 0 Å². The maximum absolute atomic E-state index is 12.9. The van der Waals surface area contributed by atoms with Crippen molar-refractivity contribution in [1.29, 1.82) is 0 Å². The second-order valence-electron chi connectivity index (χ2n) is 6.13. The van der Waals surface area contributed by atoms with Gasteiger partial charge in [-0.3, -0.25) is 9.80 Å². The standard InChI is InChI=1S/C19H19BrN4O2S/c1-3-26-11-8-9-14(20)13(10-11)17-21-15-7-5-4-6-12(15)16-18(25)22-19(27-2)23-24(16)17/h4-10,16-17,21H,3H2,1-2H3,(H,22,23,25)/t16-,17+/m0/s1. The minimum absolute atomic E-state index is 0.0783.